The van der Waals surface area contributed by atoms with Gasteiger partial charge in [-0.2, -0.15) is 0 Å². The fourth-order valence-corrected chi connectivity index (χ4v) is 2.70. The van der Waals surface area contributed by atoms with Gasteiger partial charge >= 0.3 is 0 Å². The molecule has 56 valence electrons. The maximum Gasteiger partial charge on any atom is -0.0172 e. The topological polar surface area (TPSA) is 0 Å². The Bertz CT molecular complexity index is 167. The summed E-state index contributed by atoms with van der Waals surface area (Å²) in [7, 11) is 0. The Balaban J connectivity index is 2.16. The highest BCUT2D eigenvalue weighted by Crippen LogP contribution is 2.46. The van der Waals surface area contributed by atoms with E-state index >= 15 is 0 Å². The van der Waals surface area contributed by atoms with Crippen LogP contribution in [-0.2, 0) is 0 Å². The lowest BCUT2D eigenvalue weighted by Crippen LogP contribution is -2.07. The molecule has 0 saturated heterocycles. The van der Waals surface area contributed by atoms with Gasteiger partial charge in [0, 0.05) is 0 Å². The van der Waals surface area contributed by atoms with Crippen molar-refractivity contribution in [2.75, 3.05) is 0 Å². The lowest BCUT2D eigenvalue weighted by atomic mass is 9.91. The van der Waals surface area contributed by atoms with E-state index in [0.29, 0.717) is 0 Å². The molecule has 3 atom stereocenters. The third-order valence-corrected chi connectivity index (χ3v) is 3.48. The van der Waals surface area contributed by atoms with Gasteiger partial charge in [-0.05, 0) is 43.9 Å². The van der Waals surface area contributed by atoms with Crippen molar-refractivity contribution in [1.29, 1.82) is 0 Å². The van der Waals surface area contributed by atoms with Crippen LogP contribution in [0.25, 0.3) is 0 Å². The van der Waals surface area contributed by atoms with Crippen LogP contribution in [0.3, 0.4) is 0 Å². The molecule has 2 aliphatic rings. The number of rotatable bonds is 0. The molecule has 0 unspecified atom stereocenters. The van der Waals surface area contributed by atoms with Gasteiger partial charge in [0.15, 0.2) is 0 Å². The lowest BCUT2D eigenvalue weighted by molar-refractivity contribution is 0.388. The van der Waals surface area contributed by atoms with Crippen LogP contribution in [0.15, 0.2) is 11.6 Å². The van der Waals surface area contributed by atoms with Crippen molar-refractivity contribution in [3.8, 4) is 0 Å². The van der Waals surface area contributed by atoms with E-state index < -0.39 is 0 Å². The molecule has 0 aliphatic heterocycles. The molecule has 0 heterocycles. The van der Waals surface area contributed by atoms with Crippen molar-refractivity contribution in [3.05, 3.63) is 11.6 Å². The molecule has 0 radical (unpaired) electrons. The first-order valence-corrected chi connectivity index (χ1v) is 4.45. The molecule has 0 aromatic rings. The first-order chi connectivity index (χ1) is 4.79. The van der Waals surface area contributed by atoms with Crippen LogP contribution in [-0.4, -0.2) is 0 Å². The summed E-state index contributed by atoms with van der Waals surface area (Å²) in [6.07, 6.45) is 6.76. The van der Waals surface area contributed by atoms with Crippen LogP contribution in [0.1, 0.15) is 33.1 Å². The minimum absolute atomic E-state index is 0.981. The zero-order chi connectivity index (χ0) is 7.14. The number of hydrogen-bond acceptors (Lipinski definition) is 0. The van der Waals surface area contributed by atoms with E-state index in [2.05, 4.69) is 19.9 Å². The van der Waals surface area contributed by atoms with Gasteiger partial charge in [-0.25, -0.2) is 0 Å². The van der Waals surface area contributed by atoms with Gasteiger partial charge in [0.1, 0.15) is 0 Å². The molecule has 2 rings (SSSR count). The van der Waals surface area contributed by atoms with Gasteiger partial charge in [0.2, 0.25) is 0 Å². The standard InChI is InChI=1S/C10H16/c1-7-3-5-10-8(2)4-6-9(7)10/h3,8-10H,4-6H2,1-2H3/t8-,9+,10+/m1/s1. The number of fused-ring (bicyclic) bond motifs is 1. The minimum Gasteiger partial charge on any atom is -0.0850 e. The molecule has 1 fully saturated rings. The summed E-state index contributed by atoms with van der Waals surface area (Å²) < 4.78 is 0. The van der Waals surface area contributed by atoms with Crippen LogP contribution in [0.5, 0.6) is 0 Å². The molecule has 10 heavy (non-hydrogen) atoms. The van der Waals surface area contributed by atoms with E-state index in [1.807, 2.05) is 0 Å². The average Bonchev–Trinajstić information content (AvgIpc) is 2.41. The summed E-state index contributed by atoms with van der Waals surface area (Å²) in [5, 5.41) is 0. The van der Waals surface area contributed by atoms with E-state index in [4.69, 9.17) is 0 Å². The SMILES string of the molecule is CC1=CC[C@H]2[C@H](C)CC[C@@H]12. The van der Waals surface area contributed by atoms with E-state index in [9.17, 15) is 0 Å². The van der Waals surface area contributed by atoms with Gasteiger partial charge in [-0.1, -0.05) is 18.6 Å². The second-order valence-electron chi connectivity index (χ2n) is 4.01. The highest BCUT2D eigenvalue weighted by Gasteiger charge is 2.36. The Morgan fingerprint density at radius 1 is 1.40 bits per heavy atom. The van der Waals surface area contributed by atoms with Crippen molar-refractivity contribution in [2.24, 2.45) is 17.8 Å². The second-order valence-corrected chi connectivity index (χ2v) is 4.01. The van der Waals surface area contributed by atoms with Crippen molar-refractivity contribution >= 4 is 0 Å². The summed E-state index contributed by atoms with van der Waals surface area (Å²) >= 11 is 0. The Kier molecular flexibility index (Phi) is 1.36. The highest BCUT2D eigenvalue weighted by molar-refractivity contribution is 5.15. The Morgan fingerprint density at radius 3 is 2.90 bits per heavy atom. The summed E-state index contributed by atoms with van der Waals surface area (Å²) in [4.78, 5) is 0. The first-order valence-electron chi connectivity index (χ1n) is 4.45. The van der Waals surface area contributed by atoms with Crippen LogP contribution in [0, 0.1) is 17.8 Å². The summed E-state index contributed by atoms with van der Waals surface area (Å²) in [5.74, 6) is 3.01. The molecule has 0 heteroatoms. The fraction of sp³-hybridized carbons (Fsp3) is 0.800. The average molecular weight is 136 g/mol. The third-order valence-electron chi connectivity index (χ3n) is 3.48. The molecular weight excluding hydrogens is 120 g/mol. The third kappa shape index (κ3) is 0.744. The summed E-state index contributed by atoms with van der Waals surface area (Å²) in [6, 6.07) is 0. The minimum atomic E-state index is 0.981. The van der Waals surface area contributed by atoms with Gasteiger partial charge in [-0.15, -0.1) is 0 Å². The predicted molar refractivity (Wildman–Crippen MR) is 43.8 cm³/mol. The number of allylic oxidation sites excluding steroid dienone is 2. The van der Waals surface area contributed by atoms with Crippen LogP contribution < -0.4 is 0 Å². The second kappa shape index (κ2) is 2.11. The van der Waals surface area contributed by atoms with Gasteiger partial charge < -0.3 is 0 Å². The van der Waals surface area contributed by atoms with Crippen molar-refractivity contribution < 1.29 is 0 Å². The molecule has 0 aromatic carbocycles. The van der Waals surface area contributed by atoms with Gasteiger partial charge in [-0.3, -0.25) is 0 Å². The molecule has 0 N–H and O–H groups in total. The number of hydrogen-bond donors (Lipinski definition) is 0. The summed E-state index contributed by atoms with van der Waals surface area (Å²) in [6.45, 7) is 4.72. The quantitative estimate of drug-likeness (QED) is 0.449. The molecule has 1 saturated carbocycles. The van der Waals surface area contributed by atoms with Gasteiger partial charge in [0.25, 0.3) is 0 Å². The maximum atomic E-state index is 2.45. The maximum absolute atomic E-state index is 2.45. The summed E-state index contributed by atoms with van der Waals surface area (Å²) in [5.41, 5.74) is 1.68. The fourth-order valence-electron chi connectivity index (χ4n) is 2.70. The normalized spacial score (nSPS) is 45.4. The van der Waals surface area contributed by atoms with E-state index in [-0.39, 0.29) is 0 Å². The molecule has 0 spiro atoms. The van der Waals surface area contributed by atoms with Crippen molar-refractivity contribution in [2.45, 2.75) is 33.1 Å². The predicted octanol–water partition coefficient (Wildman–Crippen LogP) is 3.00. The molecule has 2 aliphatic carbocycles. The highest BCUT2D eigenvalue weighted by atomic mass is 14.4. The van der Waals surface area contributed by atoms with E-state index in [1.165, 1.54) is 19.3 Å². The monoisotopic (exact) mass is 136 g/mol. The largest absolute Gasteiger partial charge is 0.0850 e. The molecule has 0 nitrogen and oxygen atoms in total. The van der Waals surface area contributed by atoms with Crippen LogP contribution >= 0.6 is 0 Å². The Labute approximate surface area is 63.3 Å². The van der Waals surface area contributed by atoms with Crippen molar-refractivity contribution in [1.82, 2.24) is 0 Å². The molecule has 0 amide bonds. The van der Waals surface area contributed by atoms with Crippen molar-refractivity contribution in [3.63, 3.8) is 0 Å². The Morgan fingerprint density at radius 2 is 2.20 bits per heavy atom. The lowest BCUT2D eigenvalue weighted by Gasteiger charge is -2.14. The zero-order valence-electron chi connectivity index (χ0n) is 6.93. The molecular formula is C10H16. The van der Waals surface area contributed by atoms with Crippen LogP contribution in [0.2, 0.25) is 0 Å². The first kappa shape index (κ1) is 6.45. The zero-order valence-corrected chi connectivity index (χ0v) is 6.93. The van der Waals surface area contributed by atoms with Gasteiger partial charge in [0.05, 0.1) is 0 Å². The molecule has 0 aromatic heterocycles. The smallest absolute Gasteiger partial charge is 0.0172 e. The van der Waals surface area contributed by atoms with E-state index in [0.717, 1.165) is 17.8 Å². The van der Waals surface area contributed by atoms with Crippen LogP contribution in [0.4, 0.5) is 0 Å². The Hall–Kier alpha value is -0.260. The van der Waals surface area contributed by atoms with E-state index in [1.54, 1.807) is 5.57 Å². The molecule has 0 bridgehead atoms.